The van der Waals surface area contributed by atoms with E-state index in [2.05, 4.69) is 20.6 Å². The molecular formula is C24H19FN6O5S. The molecule has 0 radical (unpaired) electrons. The Balaban J connectivity index is 1.53. The second kappa shape index (κ2) is 9.75. The number of anilines is 1. The van der Waals surface area contributed by atoms with Crippen LogP contribution >= 0.6 is 0 Å². The van der Waals surface area contributed by atoms with Crippen LogP contribution in [0.25, 0.3) is 0 Å². The zero-order valence-electron chi connectivity index (χ0n) is 19.5. The number of nitriles is 1. The second-order valence-electron chi connectivity index (χ2n) is 8.21. The van der Waals surface area contributed by atoms with E-state index in [-0.39, 0.29) is 40.6 Å². The Kier molecular flexibility index (Phi) is 6.69. The van der Waals surface area contributed by atoms with E-state index >= 15 is 0 Å². The zero-order valence-corrected chi connectivity index (χ0v) is 20.3. The Morgan fingerprint density at radius 2 is 1.81 bits per heavy atom. The third-order valence-electron chi connectivity index (χ3n) is 5.55. The van der Waals surface area contributed by atoms with Crippen LogP contribution in [0.4, 0.5) is 10.1 Å². The highest BCUT2D eigenvalue weighted by Crippen LogP contribution is 2.38. The molecule has 1 aromatic heterocycles. The summed E-state index contributed by atoms with van der Waals surface area (Å²) in [5.74, 6) is -2.76. The maximum absolute atomic E-state index is 13.4. The van der Waals surface area contributed by atoms with Gasteiger partial charge in [0.2, 0.25) is 10.0 Å². The summed E-state index contributed by atoms with van der Waals surface area (Å²) in [5, 5.41) is 14.2. The van der Waals surface area contributed by atoms with Crippen molar-refractivity contribution in [3.63, 3.8) is 0 Å². The topological polar surface area (TPSA) is 162 Å². The number of aromatic nitrogens is 2. The fourth-order valence-corrected chi connectivity index (χ4v) is 4.73. The van der Waals surface area contributed by atoms with Crippen molar-refractivity contribution in [1.29, 1.82) is 5.26 Å². The van der Waals surface area contributed by atoms with Crippen LogP contribution < -0.4 is 14.9 Å². The lowest BCUT2D eigenvalue weighted by Gasteiger charge is -2.15. The number of carbonyl (C=O) groups excluding carboxylic acids is 3. The first kappa shape index (κ1) is 25.4. The number of hydrogen-bond acceptors (Lipinski definition) is 8. The molecule has 2 N–H and O–H groups in total. The van der Waals surface area contributed by atoms with Crippen LogP contribution in [0, 0.1) is 24.1 Å². The standard InChI is InChI=1S/C24H19FN6O5S/c1-13-7-15(4-6-17(13)25)11-27-22(32)18-9-19(29-12-28-18)23(33)30-21-16-5-3-14(10-26)8-20(16)31(24(21)34)37(2,35)36/h3-9,12,21H,11H2,1-2H3,(H,27,32)(H,30,33)/t21-/m1/s1. The smallest absolute Gasteiger partial charge is 0.270 e. The van der Waals surface area contributed by atoms with E-state index in [1.165, 1.54) is 30.3 Å². The second-order valence-corrected chi connectivity index (χ2v) is 10.0. The summed E-state index contributed by atoms with van der Waals surface area (Å²) in [6, 6.07) is 10.1. The molecule has 0 saturated carbocycles. The molecule has 3 aromatic rings. The summed E-state index contributed by atoms with van der Waals surface area (Å²) in [7, 11) is -4.05. The number of nitrogens with zero attached hydrogens (tertiary/aromatic N) is 4. The highest BCUT2D eigenvalue weighted by atomic mass is 32.2. The van der Waals surface area contributed by atoms with Gasteiger partial charge in [-0.25, -0.2) is 27.1 Å². The molecule has 11 nitrogen and oxygen atoms in total. The maximum atomic E-state index is 13.4. The number of carbonyl (C=O) groups is 3. The lowest BCUT2D eigenvalue weighted by atomic mass is 10.1. The average Bonchev–Trinajstić information content (AvgIpc) is 3.15. The molecule has 1 atom stereocenters. The molecule has 2 heterocycles. The minimum absolute atomic E-state index is 0.0318. The molecule has 0 aliphatic carbocycles. The fourth-order valence-electron chi connectivity index (χ4n) is 3.78. The van der Waals surface area contributed by atoms with Gasteiger partial charge in [-0.3, -0.25) is 14.4 Å². The van der Waals surface area contributed by atoms with Gasteiger partial charge in [0.15, 0.2) is 0 Å². The van der Waals surface area contributed by atoms with Crippen LogP contribution in [0.5, 0.6) is 0 Å². The van der Waals surface area contributed by atoms with E-state index < -0.39 is 33.8 Å². The van der Waals surface area contributed by atoms with Gasteiger partial charge in [0.05, 0.1) is 23.6 Å². The number of benzene rings is 2. The highest BCUT2D eigenvalue weighted by Gasteiger charge is 2.43. The van der Waals surface area contributed by atoms with Gasteiger partial charge in [-0.1, -0.05) is 18.2 Å². The third-order valence-corrected chi connectivity index (χ3v) is 6.59. The van der Waals surface area contributed by atoms with Gasteiger partial charge >= 0.3 is 0 Å². The molecule has 0 fully saturated rings. The molecule has 1 aliphatic rings. The predicted molar refractivity (Wildman–Crippen MR) is 128 cm³/mol. The van der Waals surface area contributed by atoms with Crippen molar-refractivity contribution in [2.24, 2.45) is 0 Å². The quantitative estimate of drug-likeness (QED) is 0.492. The summed E-state index contributed by atoms with van der Waals surface area (Å²) in [6.45, 7) is 1.69. The highest BCUT2D eigenvalue weighted by molar-refractivity contribution is 7.92. The van der Waals surface area contributed by atoms with Gasteiger partial charge in [-0.2, -0.15) is 5.26 Å². The summed E-state index contributed by atoms with van der Waals surface area (Å²) < 4.78 is 38.5. The predicted octanol–water partition coefficient (Wildman–Crippen LogP) is 1.50. The van der Waals surface area contributed by atoms with Gasteiger partial charge in [0, 0.05) is 18.2 Å². The van der Waals surface area contributed by atoms with E-state index in [9.17, 15) is 27.2 Å². The van der Waals surface area contributed by atoms with E-state index in [4.69, 9.17) is 5.26 Å². The van der Waals surface area contributed by atoms with Crippen LogP contribution in [-0.4, -0.2) is 42.4 Å². The van der Waals surface area contributed by atoms with Gasteiger partial charge < -0.3 is 10.6 Å². The number of nitrogens with one attached hydrogen (secondary N) is 2. The van der Waals surface area contributed by atoms with Crippen LogP contribution in [0.1, 0.15) is 49.3 Å². The summed E-state index contributed by atoms with van der Waals surface area (Å²) in [6.07, 6.45) is 1.83. The van der Waals surface area contributed by atoms with Crippen molar-refractivity contribution in [2.45, 2.75) is 19.5 Å². The SMILES string of the molecule is Cc1cc(CNC(=O)c2cc(C(=O)N[C@H]3C(=O)N(S(C)(=O)=O)c4cc(C#N)ccc43)ncn2)ccc1F. The lowest BCUT2D eigenvalue weighted by molar-refractivity contribution is -0.118. The fraction of sp³-hybridized carbons (Fsp3) is 0.167. The molecule has 2 aromatic carbocycles. The Morgan fingerprint density at radius 3 is 2.46 bits per heavy atom. The summed E-state index contributed by atoms with van der Waals surface area (Å²) in [4.78, 5) is 46.1. The summed E-state index contributed by atoms with van der Waals surface area (Å²) >= 11 is 0. The first-order valence-corrected chi connectivity index (χ1v) is 12.6. The van der Waals surface area contributed by atoms with Crippen molar-refractivity contribution in [2.75, 3.05) is 10.6 Å². The largest absolute Gasteiger partial charge is 0.347 e. The van der Waals surface area contributed by atoms with Crippen molar-refractivity contribution in [3.8, 4) is 6.07 Å². The van der Waals surface area contributed by atoms with Crippen LogP contribution in [0.15, 0.2) is 48.8 Å². The minimum atomic E-state index is -4.05. The van der Waals surface area contributed by atoms with E-state index in [1.54, 1.807) is 13.0 Å². The molecule has 0 unspecified atom stereocenters. The van der Waals surface area contributed by atoms with Gasteiger partial charge in [-0.15, -0.1) is 0 Å². The van der Waals surface area contributed by atoms with Crippen molar-refractivity contribution >= 4 is 33.4 Å². The molecule has 0 saturated heterocycles. The lowest BCUT2D eigenvalue weighted by Crippen LogP contribution is -2.40. The molecular weight excluding hydrogens is 503 g/mol. The molecule has 0 bridgehead atoms. The zero-order chi connectivity index (χ0) is 26.9. The monoisotopic (exact) mass is 522 g/mol. The van der Waals surface area contributed by atoms with Crippen molar-refractivity contribution in [3.05, 3.63) is 88.3 Å². The van der Waals surface area contributed by atoms with Gasteiger partial charge in [-0.05, 0) is 36.2 Å². The molecule has 1 aliphatic heterocycles. The van der Waals surface area contributed by atoms with E-state index in [1.807, 2.05) is 6.07 Å². The maximum Gasteiger partial charge on any atom is 0.270 e. The average molecular weight is 523 g/mol. The Hall–Kier alpha value is -4.70. The van der Waals surface area contributed by atoms with E-state index in [0.29, 0.717) is 15.4 Å². The van der Waals surface area contributed by atoms with Crippen LogP contribution in [-0.2, 0) is 21.4 Å². The third kappa shape index (κ3) is 5.14. The minimum Gasteiger partial charge on any atom is -0.347 e. The Bertz CT molecular complexity index is 1600. The van der Waals surface area contributed by atoms with Crippen molar-refractivity contribution < 1.29 is 27.2 Å². The van der Waals surface area contributed by atoms with Gasteiger partial charge in [0.1, 0.15) is 29.6 Å². The molecule has 4 rings (SSSR count). The molecule has 188 valence electrons. The number of fused-ring (bicyclic) bond motifs is 1. The summed E-state index contributed by atoms with van der Waals surface area (Å²) in [5.41, 5.74) is 1.00. The van der Waals surface area contributed by atoms with Crippen molar-refractivity contribution in [1.82, 2.24) is 20.6 Å². The molecule has 37 heavy (non-hydrogen) atoms. The molecule has 3 amide bonds. The number of sulfonamides is 1. The molecule has 13 heteroatoms. The number of halogens is 1. The molecule has 0 spiro atoms. The first-order chi connectivity index (χ1) is 17.5. The number of hydrogen-bond donors (Lipinski definition) is 2. The van der Waals surface area contributed by atoms with Gasteiger partial charge in [0.25, 0.3) is 17.7 Å². The van der Waals surface area contributed by atoms with E-state index in [0.717, 1.165) is 18.6 Å². The van der Waals surface area contributed by atoms with Crippen LogP contribution in [0.2, 0.25) is 0 Å². The normalized spacial score (nSPS) is 14.6. The number of rotatable bonds is 6. The van der Waals surface area contributed by atoms with Crippen LogP contribution in [0.3, 0.4) is 0 Å². The Morgan fingerprint density at radius 1 is 1.11 bits per heavy atom. The Labute approximate surface area is 211 Å². The number of amides is 3. The number of aryl methyl sites for hydroxylation is 1. The first-order valence-electron chi connectivity index (χ1n) is 10.7.